The summed E-state index contributed by atoms with van der Waals surface area (Å²) in [6, 6.07) is 7.63. The number of non-ortho nitro benzene ring substituents is 1. The molecule has 2 saturated heterocycles. The molecule has 1 aromatic rings. The lowest BCUT2D eigenvalue weighted by Crippen LogP contribution is -2.34. The summed E-state index contributed by atoms with van der Waals surface area (Å²) in [5.74, 6) is 1.55. The SMILES string of the molecule is CCC1C2CNCC2CN1Cc1ccc([N+](=O)[O-])cc1. The van der Waals surface area contributed by atoms with Crippen LogP contribution in [0.1, 0.15) is 18.9 Å². The molecule has 0 saturated carbocycles. The van der Waals surface area contributed by atoms with Gasteiger partial charge in [-0.1, -0.05) is 19.1 Å². The van der Waals surface area contributed by atoms with E-state index in [0.29, 0.717) is 6.04 Å². The molecule has 3 unspecified atom stereocenters. The Balaban J connectivity index is 1.69. The molecule has 0 amide bonds. The summed E-state index contributed by atoms with van der Waals surface area (Å²) in [4.78, 5) is 12.9. The topological polar surface area (TPSA) is 58.4 Å². The zero-order valence-electron chi connectivity index (χ0n) is 11.8. The molecule has 2 aliphatic rings. The summed E-state index contributed by atoms with van der Waals surface area (Å²) in [6.45, 7) is 6.59. The minimum absolute atomic E-state index is 0.170. The van der Waals surface area contributed by atoms with Crippen LogP contribution in [0.2, 0.25) is 0 Å². The van der Waals surface area contributed by atoms with Crippen molar-refractivity contribution in [1.29, 1.82) is 0 Å². The molecule has 1 N–H and O–H groups in total. The van der Waals surface area contributed by atoms with E-state index in [0.717, 1.165) is 38.0 Å². The third-order valence-corrected chi connectivity index (χ3v) is 4.78. The lowest BCUT2D eigenvalue weighted by Gasteiger charge is -2.26. The maximum Gasteiger partial charge on any atom is 0.269 e. The summed E-state index contributed by atoms with van der Waals surface area (Å²) < 4.78 is 0. The highest BCUT2D eigenvalue weighted by Gasteiger charge is 2.42. The molecule has 2 fully saturated rings. The van der Waals surface area contributed by atoms with E-state index in [1.54, 1.807) is 12.1 Å². The maximum absolute atomic E-state index is 10.7. The summed E-state index contributed by atoms with van der Waals surface area (Å²) >= 11 is 0. The first-order valence-corrected chi connectivity index (χ1v) is 7.37. The predicted molar refractivity (Wildman–Crippen MR) is 77.4 cm³/mol. The standard InChI is InChI=1S/C15H21N3O2/c1-2-15-14-8-16-7-12(14)10-17(15)9-11-3-5-13(6-4-11)18(19)20/h3-6,12,14-16H,2,7-10H2,1H3. The number of nitro groups is 1. The number of benzene rings is 1. The molecule has 20 heavy (non-hydrogen) atoms. The van der Waals surface area contributed by atoms with E-state index < -0.39 is 0 Å². The van der Waals surface area contributed by atoms with Crippen molar-refractivity contribution < 1.29 is 4.92 Å². The Bertz CT molecular complexity index is 488. The zero-order chi connectivity index (χ0) is 14.1. The Hall–Kier alpha value is -1.46. The number of nitro benzene ring substituents is 1. The van der Waals surface area contributed by atoms with Gasteiger partial charge in [-0.15, -0.1) is 0 Å². The fourth-order valence-electron chi connectivity index (χ4n) is 3.81. The predicted octanol–water partition coefficient (Wildman–Crippen LogP) is 2.02. The van der Waals surface area contributed by atoms with E-state index in [9.17, 15) is 10.1 Å². The van der Waals surface area contributed by atoms with E-state index in [-0.39, 0.29) is 10.6 Å². The zero-order valence-corrected chi connectivity index (χ0v) is 11.8. The molecule has 2 aliphatic heterocycles. The van der Waals surface area contributed by atoms with Gasteiger partial charge in [-0.05, 0) is 36.9 Å². The van der Waals surface area contributed by atoms with Crippen LogP contribution in [0.25, 0.3) is 0 Å². The molecule has 0 radical (unpaired) electrons. The molecule has 2 heterocycles. The van der Waals surface area contributed by atoms with Crippen LogP contribution in [0, 0.1) is 22.0 Å². The van der Waals surface area contributed by atoms with Crippen molar-refractivity contribution in [3.63, 3.8) is 0 Å². The van der Waals surface area contributed by atoms with Crippen molar-refractivity contribution in [2.45, 2.75) is 25.9 Å². The van der Waals surface area contributed by atoms with Gasteiger partial charge in [0.2, 0.25) is 0 Å². The molecule has 1 aromatic carbocycles. The fourth-order valence-corrected chi connectivity index (χ4v) is 3.81. The number of likely N-dealkylation sites (tertiary alicyclic amines) is 1. The highest BCUT2D eigenvalue weighted by Crippen LogP contribution is 2.35. The molecule has 5 nitrogen and oxygen atoms in total. The first-order valence-electron chi connectivity index (χ1n) is 7.37. The minimum Gasteiger partial charge on any atom is -0.316 e. The number of hydrogen-bond donors (Lipinski definition) is 1. The van der Waals surface area contributed by atoms with Gasteiger partial charge in [-0.2, -0.15) is 0 Å². The van der Waals surface area contributed by atoms with Gasteiger partial charge in [0.05, 0.1) is 4.92 Å². The number of nitrogens with one attached hydrogen (secondary N) is 1. The van der Waals surface area contributed by atoms with Crippen molar-refractivity contribution in [2.75, 3.05) is 19.6 Å². The van der Waals surface area contributed by atoms with E-state index in [4.69, 9.17) is 0 Å². The van der Waals surface area contributed by atoms with Crippen LogP contribution in [-0.4, -0.2) is 35.5 Å². The first kappa shape index (κ1) is 13.5. The van der Waals surface area contributed by atoms with Crippen molar-refractivity contribution >= 4 is 5.69 Å². The smallest absolute Gasteiger partial charge is 0.269 e. The normalized spacial score (nSPS) is 29.6. The number of rotatable bonds is 4. The lowest BCUT2D eigenvalue weighted by molar-refractivity contribution is -0.384. The molecule has 108 valence electrons. The monoisotopic (exact) mass is 275 g/mol. The van der Waals surface area contributed by atoms with Crippen molar-refractivity contribution in [3.8, 4) is 0 Å². The van der Waals surface area contributed by atoms with Gasteiger partial charge in [-0.25, -0.2) is 0 Å². The highest BCUT2D eigenvalue weighted by atomic mass is 16.6. The van der Waals surface area contributed by atoms with Gasteiger partial charge < -0.3 is 5.32 Å². The highest BCUT2D eigenvalue weighted by molar-refractivity contribution is 5.32. The van der Waals surface area contributed by atoms with E-state index in [2.05, 4.69) is 17.1 Å². The summed E-state index contributed by atoms with van der Waals surface area (Å²) in [5, 5.41) is 14.2. The molecule has 0 aliphatic carbocycles. The Morgan fingerprint density at radius 3 is 2.75 bits per heavy atom. The van der Waals surface area contributed by atoms with E-state index >= 15 is 0 Å². The van der Waals surface area contributed by atoms with Crippen molar-refractivity contribution in [2.24, 2.45) is 11.8 Å². The second-order valence-electron chi connectivity index (χ2n) is 5.91. The average Bonchev–Trinajstić information content (AvgIpc) is 2.99. The Morgan fingerprint density at radius 1 is 1.35 bits per heavy atom. The average molecular weight is 275 g/mol. The molecular formula is C15H21N3O2. The fraction of sp³-hybridized carbons (Fsp3) is 0.600. The lowest BCUT2D eigenvalue weighted by atomic mass is 9.93. The first-order chi connectivity index (χ1) is 9.69. The van der Waals surface area contributed by atoms with Gasteiger partial charge in [-0.3, -0.25) is 15.0 Å². The van der Waals surface area contributed by atoms with E-state index in [1.807, 2.05) is 12.1 Å². The number of fused-ring (bicyclic) bond motifs is 1. The second kappa shape index (κ2) is 5.50. The Labute approximate surface area is 119 Å². The Kier molecular flexibility index (Phi) is 3.72. The molecular weight excluding hydrogens is 254 g/mol. The van der Waals surface area contributed by atoms with Crippen LogP contribution in [0.4, 0.5) is 5.69 Å². The van der Waals surface area contributed by atoms with Gasteiger partial charge in [0.25, 0.3) is 5.69 Å². The van der Waals surface area contributed by atoms with Crippen LogP contribution in [0.5, 0.6) is 0 Å². The van der Waals surface area contributed by atoms with Crippen LogP contribution < -0.4 is 5.32 Å². The second-order valence-corrected chi connectivity index (χ2v) is 5.91. The number of nitrogens with zero attached hydrogens (tertiary/aromatic N) is 2. The molecule has 3 atom stereocenters. The summed E-state index contributed by atoms with van der Waals surface area (Å²) in [5.41, 5.74) is 1.34. The molecule has 0 spiro atoms. The largest absolute Gasteiger partial charge is 0.316 e. The molecule has 0 aromatic heterocycles. The summed E-state index contributed by atoms with van der Waals surface area (Å²) in [7, 11) is 0. The van der Waals surface area contributed by atoms with Gasteiger partial charge in [0.1, 0.15) is 0 Å². The van der Waals surface area contributed by atoms with Crippen LogP contribution >= 0.6 is 0 Å². The molecule has 3 rings (SSSR count). The van der Waals surface area contributed by atoms with Crippen LogP contribution in [-0.2, 0) is 6.54 Å². The van der Waals surface area contributed by atoms with E-state index in [1.165, 1.54) is 12.0 Å². The molecule has 0 bridgehead atoms. The minimum atomic E-state index is -0.343. The Morgan fingerprint density at radius 2 is 2.10 bits per heavy atom. The van der Waals surface area contributed by atoms with Crippen molar-refractivity contribution in [3.05, 3.63) is 39.9 Å². The third-order valence-electron chi connectivity index (χ3n) is 4.78. The van der Waals surface area contributed by atoms with Crippen LogP contribution in [0.15, 0.2) is 24.3 Å². The van der Waals surface area contributed by atoms with Crippen LogP contribution in [0.3, 0.4) is 0 Å². The van der Waals surface area contributed by atoms with Gasteiger partial charge >= 0.3 is 0 Å². The van der Waals surface area contributed by atoms with Crippen molar-refractivity contribution in [1.82, 2.24) is 10.2 Å². The maximum atomic E-state index is 10.7. The van der Waals surface area contributed by atoms with Gasteiger partial charge in [0, 0.05) is 31.3 Å². The quantitative estimate of drug-likeness (QED) is 0.674. The van der Waals surface area contributed by atoms with Gasteiger partial charge in [0.15, 0.2) is 0 Å². The third kappa shape index (κ3) is 2.43. The number of hydrogen-bond acceptors (Lipinski definition) is 4. The molecule has 5 heteroatoms. The summed E-state index contributed by atoms with van der Waals surface area (Å²) in [6.07, 6.45) is 1.18.